The zero-order valence-electron chi connectivity index (χ0n) is 7.56. The summed E-state index contributed by atoms with van der Waals surface area (Å²) in [6.45, 7) is 0. The molecule has 0 saturated carbocycles. The predicted octanol–water partition coefficient (Wildman–Crippen LogP) is 0.341. The standard InChI is InChI=1S/C10H11NO3/c11-9(12)5-7-2-1-3-8(4-7)6-10(13)14/h1-4H,5-6H2,(H2,11,12)(H,13,14). The number of benzene rings is 1. The second kappa shape index (κ2) is 4.41. The van der Waals surface area contributed by atoms with Crippen molar-refractivity contribution in [1.82, 2.24) is 0 Å². The maximum Gasteiger partial charge on any atom is 0.307 e. The van der Waals surface area contributed by atoms with E-state index < -0.39 is 11.9 Å². The van der Waals surface area contributed by atoms with Gasteiger partial charge in [0.2, 0.25) is 5.91 Å². The molecule has 0 aromatic heterocycles. The van der Waals surface area contributed by atoms with Gasteiger partial charge in [-0.1, -0.05) is 24.3 Å². The fourth-order valence-corrected chi connectivity index (χ4v) is 1.23. The summed E-state index contributed by atoms with van der Waals surface area (Å²) in [7, 11) is 0. The van der Waals surface area contributed by atoms with Gasteiger partial charge in [-0.2, -0.15) is 0 Å². The molecule has 0 radical (unpaired) electrons. The largest absolute Gasteiger partial charge is 0.481 e. The Kier molecular flexibility index (Phi) is 3.23. The quantitative estimate of drug-likeness (QED) is 0.723. The van der Waals surface area contributed by atoms with E-state index in [2.05, 4.69) is 0 Å². The van der Waals surface area contributed by atoms with Gasteiger partial charge in [0.05, 0.1) is 12.8 Å². The van der Waals surface area contributed by atoms with Crippen molar-refractivity contribution in [2.24, 2.45) is 5.73 Å². The van der Waals surface area contributed by atoms with Crippen molar-refractivity contribution >= 4 is 11.9 Å². The second-order valence-electron chi connectivity index (χ2n) is 3.03. The number of primary amides is 1. The Morgan fingerprint density at radius 3 is 2.29 bits per heavy atom. The topological polar surface area (TPSA) is 80.4 Å². The van der Waals surface area contributed by atoms with Crippen molar-refractivity contribution in [3.05, 3.63) is 35.4 Å². The highest BCUT2D eigenvalue weighted by Gasteiger charge is 2.02. The zero-order chi connectivity index (χ0) is 10.6. The van der Waals surface area contributed by atoms with E-state index in [-0.39, 0.29) is 12.8 Å². The predicted molar refractivity (Wildman–Crippen MR) is 50.7 cm³/mol. The SMILES string of the molecule is NC(=O)Cc1cccc(CC(=O)O)c1. The molecule has 4 heteroatoms. The molecule has 1 amide bonds. The van der Waals surface area contributed by atoms with Gasteiger partial charge < -0.3 is 10.8 Å². The van der Waals surface area contributed by atoms with Crippen LogP contribution >= 0.6 is 0 Å². The lowest BCUT2D eigenvalue weighted by atomic mass is 10.1. The number of nitrogens with two attached hydrogens (primary N) is 1. The van der Waals surface area contributed by atoms with E-state index in [1.165, 1.54) is 0 Å². The summed E-state index contributed by atoms with van der Waals surface area (Å²) in [4.78, 5) is 21.0. The first-order valence-electron chi connectivity index (χ1n) is 4.16. The lowest BCUT2D eigenvalue weighted by Gasteiger charge is -2.00. The zero-order valence-corrected chi connectivity index (χ0v) is 7.56. The number of carboxylic acids is 1. The number of rotatable bonds is 4. The van der Waals surface area contributed by atoms with Crippen molar-refractivity contribution in [1.29, 1.82) is 0 Å². The number of carbonyl (C=O) groups is 2. The summed E-state index contributed by atoms with van der Waals surface area (Å²) in [6.07, 6.45) is 0.111. The van der Waals surface area contributed by atoms with Crippen LogP contribution in [0.5, 0.6) is 0 Å². The summed E-state index contributed by atoms with van der Waals surface area (Å²) in [5.41, 5.74) is 6.44. The number of carbonyl (C=O) groups excluding carboxylic acids is 1. The minimum absolute atomic E-state index is 0.0351. The monoisotopic (exact) mass is 193 g/mol. The van der Waals surface area contributed by atoms with E-state index in [1.54, 1.807) is 24.3 Å². The third-order valence-corrected chi connectivity index (χ3v) is 1.73. The van der Waals surface area contributed by atoms with Gasteiger partial charge in [-0.3, -0.25) is 9.59 Å². The normalized spacial score (nSPS) is 9.71. The van der Waals surface area contributed by atoms with Crippen molar-refractivity contribution in [2.75, 3.05) is 0 Å². The summed E-state index contributed by atoms with van der Waals surface area (Å²) in [5.74, 6) is -1.31. The van der Waals surface area contributed by atoms with Crippen molar-refractivity contribution in [3.8, 4) is 0 Å². The smallest absolute Gasteiger partial charge is 0.307 e. The minimum Gasteiger partial charge on any atom is -0.481 e. The van der Waals surface area contributed by atoms with Crippen LogP contribution in [0.15, 0.2) is 24.3 Å². The maximum absolute atomic E-state index is 10.6. The van der Waals surface area contributed by atoms with Gasteiger partial charge in [0.1, 0.15) is 0 Å². The van der Waals surface area contributed by atoms with Crippen LogP contribution in [0.2, 0.25) is 0 Å². The molecule has 1 rings (SSSR count). The van der Waals surface area contributed by atoms with Gasteiger partial charge in [0, 0.05) is 0 Å². The molecule has 0 aliphatic rings. The van der Waals surface area contributed by atoms with Crippen LogP contribution in [0, 0.1) is 0 Å². The van der Waals surface area contributed by atoms with Gasteiger partial charge in [0.25, 0.3) is 0 Å². The Labute approximate surface area is 81.3 Å². The molecule has 1 aromatic rings. The Morgan fingerprint density at radius 2 is 1.79 bits per heavy atom. The van der Waals surface area contributed by atoms with Gasteiger partial charge in [0.15, 0.2) is 0 Å². The van der Waals surface area contributed by atoms with Crippen LogP contribution < -0.4 is 5.73 Å². The number of hydrogen-bond donors (Lipinski definition) is 2. The van der Waals surface area contributed by atoms with Crippen LogP contribution in [-0.2, 0) is 22.4 Å². The molecule has 0 heterocycles. The van der Waals surface area contributed by atoms with Gasteiger partial charge in [-0.15, -0.1) is 0 Å². The lowest BCUT2D eigenvalue weighted by molar-refractivity contribution is -0.136. The molecule has 0 unspecified atom stereocenters. The molecule has 3 N–H and O–H groups in total. The fourth-order valence-electron chi connectivity index (χ4n) is 1.23. The van der Waals surface area contributed by atoms with E-state index in [4.69, 9.17) is 10.8 Å². The van der Waals surface area contributed by atoms with Crippen molar-refractivity contribution in [3.63, 3.8) is 0 Å². The third-order valence-electron chi connectivity index (χ3n) is 1.73. The number of amides is 1. The highest BCUT2D eigenvalue weighted by Crippen LogP contribution is 2.06. The van der Waals surface area contributed by atoms with E-state index in [1.807, 2.05) is 0 Å². The number of carboxylic acid groups (broad SMARTS) is 1. The number of hydrogen-bond acceptors (Lipinski definition) is 2. The van der Waals surface area contributed by atoms with E-state index in [0.717, 1.165) is 5.56 Å². The molecule has 0 aliphatic heterocycles. The first-order valence-corrected chi connectivity index (χ1v) is 4.16. The van der Waals surface area contributed by atoms with Crippen LogP contribution in [0.3, 0.4) is 0 Å². The Morgan fingerprint density at radius 1 is 1.21 bits per heavy atom. The van der Waals surface area contributed by atoms with E-state index in [0.29, 0.717) is 5.56 Å². The van der Waals surface area contributed by atoms with Crippen molar-refractivity contribution in [2.45, 2.75) is 12.8 Å². The minimum atomic E-state index is -0.888. The van der Waals surface area contributed by atoms with Gasteiger partial charge >= 0.3 is 5.97 Å². The summed E-state index contributed by atoms with van der Waals surface area (Å²) >= 11 is 0. The number of aliphatic carboxylic acids is 1. The van der Waals surface area contributed by atoms with Crippen LogP contribution in [0.1, 0.15) is 11.1 Å². The first-order chi connectivity index (χ1) is 6.58. The van der Waals surface area contributed by atoms with Gasteiger partial charge in [-0.05, 0) is 11.1 Å². The van der Waals surface area contributed by atoms with E-state index in [9.17, 15) is 9.59 Å². The molecular formula is C10H11NO3. The molecule has 0 saturated heterocycles. The Bertz CT molecular complexity index is 329. The summed E-state index contributed by atoms with van der Waals surface area (Å²) in [6, 6.07) is 6.85. The molecule has 0 spiro atoms. The second-order valence-corrected chi connectivity index (χ2v) is 3.03. The molecule has 74 valence electrons. The Balaban J connectivity index is 2.78. The van der Waals surface area contributed by atoms with Crippen LogP contribution in [0.25, 0.3) is 0 Å². The molecule has 0 fully saturated rings. The lowest BCUT2D eigenvalue weighted by Crippen LogP contribution is -2.13. The van der Waals surface area contributed by atoms with Crippen LogP contribution in [-0.4, -0.2) is 17.0 Å². The van der Waals surface area contributed by atoms with Crippen LogP contribution in [0.4, 0.5) is 0 Å². The molecule has 4 nitrogen and oxygen atoms in total. The van der Waals surface area contributed by atoms with Gasteiger partial charge in [-0.25, -0.2) is 0 Å². The average molecular weight is 193 g/mol. The molecule has 1 aromatic carbocycles. The Hall–Kier alpha value is -1.84. The molecule has 14 heavy (non-hydrogen) atoms. The average Bonchev–Trinajstić information content (AvgIpc) is 2.01. The highest BCUT2D eigenvalue weighted by atomic mass is 16.4. The van der Waals surface area contributed by atoms with Crippen molar-refractivity contribution < 1.29 is 14.7 Å². The third kappa shape index (κ3) is 3.26. The molecule has 0 bridgehead atoms. The summed E-state index contributed by atoms with van der Waals surface area (Å²) in [5, 5.41) is 8.55. The maximum atomic E-state index is 10.6. The molecule has 0 aliphatic carbocycles. The first kappa shape index (κ1) is 10.2. The molecular weight excluding hydrogens is 182 g/mol. The fraction of sp³-hybridized carbons (Fsp3) is 0.200. The highest BCUT2D eigenvalue weighted by molar-refractivity contribution is 5.76. The van der Waals surface area contributed by atoms with E-state index >= 15 is 0 Å². The summed E-state index contributed by atoms with van der Waals surface area (Å²) < 4.78 is 0. The molecule has 0 atom stereocenters.